The van der Waals surface area contributed by atoms with Gasteiger partial charge in [-0.05, 0) is 24.6 Å². The second-order valence-corrected chi connectivity index (χ2v) is 3.67. The van der Waals surface area contributed by atoms with E-state index in [-0.39, 0.29) is 12.2 Å². The number of carbonyl (C=O) groups excluding carboxylic acids is 1. The van der Waals surface area contributed by atoms with E-state index >= 15 is 0 Å². The Kier molecular flexibility index (Phi) is 3.27. The summed E-state index contributed by atoms with van der Waals surface area (Å²) in [5, 5.41) is 9.00. The van der Waals surface area contributed by atoms with Crippen LogP contribution >= 0.6 is 0 Å². The maximum absolute atomic E-state index is 11.8. The zero-order valence-corrected chi connectivity index (χ0v) is 9.74. The molecule has 0 unspecified atom stereocenters. The molecule has 1 amide bonds. The highest BCUT2D eigenvalue weighted by Crippen LogP contribution is 2.25. The zero-order chi connectivity index (χ0) is 13.1. The highest BCUT2D eigenvalue weighted by molar-refractivity contribution is 5.92. The van der Waals surface area contributed by atoms with Crippen molar-refractivity contribution in [2.45, 2.75) is 13.1 Å². The number of aliphatic imine (C=N–C) groups is 1. The molecule has 18 heavy (non-hydrogen) atoms. The van der Waals surface area contributed by atoms with Crippen LogP contribution in [0, 0.1) is 0 Å². The van der Waals surface area contributed by atoms with E-state index in [2.05, 4.69) is 4.99 Å². The Balaban J connectivity index is 2.35. The number of aliphatic carboxylic acids is 1. The van der Waals surface area contributed by atoms with Crippen molar-refractivity contribution >= 4 is 18.3 Å². The molecule has 0 bridgehead atoms. The van der Waals surface area contributed by atoms with Crippen LogP contribution in [0.5, 0.6) is 0 Å². The molecular formula is C12H12N2O4. The summed E-state index contributed by atoms with van der Waals surface area (Å²) in [6.07, 6.45) is 6.56. The highest BCUT2D eigenvalue weighted by atomic mass is 16.6. The predicted octanol–water partition coefficient (Wildman–Crippen LogP) is 1.32. The lowest BCUT2D eigenvalue weighted by Crippen LogP contribution is -2.39. The molecule has 0 spiro atoms. The Bertz CT molecular complexity index is 502. The first kappa shape index (κ1) is 12.1. The molecule has 0 radical (unpaired) electrons. The number of ether oxygens (including phenoxy) is 1. The van der Waals surface area contributed by atoms with Crippen molar-refractivity contribution in [2.24, 2.45) is 4.99 Å². The van der Waals surface area contributed by atoms with Gasteiger partial charge in [-0.3, -0.25) is 9.89 Å². The fraction of sp³-hybridized carbons (Fsp3) is 0.250. The van der Waals surface area contributed by atoms with Gasteiger partial charge in [0.25, 0.3) is 0 Å². The topological polar surface area (TPSA) is 79.2 Å². The third kappa shape index (κ3) is 2.17. The molecule has 1 atom stereocenters. The van der Waals surface area contributed by atoms with Gasteiger partial charge < -0.3 is 9.84 Å². The number of fused-ring (bicyclic) bond motifs is 1. The molecule has 0 aromatic heterocycles. The van der Waals surface area contributed by atoms with Crippen LogP contribution in [0.25, 0.3) is 0 Å². The van der Waals surface area contributed by atoms with Crippen LogP contribution in [-0.2, 0) is 9.53 Å². The highest BCUT2D eigenvalue weighted by Gasteiger charge is 2.30. The molecule has 0 aromatic rings. The number of hydrogen-bond donors (Lipinski definition) is 1. The van der Waals surface area contributed by atoms with Crippen LogP contribution in [0.4, 0.5) is 4.79 Å². The Morgan fingerprint density at radius 3 is 3.00 bits per heavy atom. The third-order valence-electron chi connectivity index (χ3n) is 2.49. The maximum Gasteiger partial charge on any atom is 0.415 e. The number of rotatable bonds is 2. The molecule has 2 heterocycles. The Morgan fingerprint density at radius 2 is 2.33 bits per heavy atom. The summed E-state index contributed by atoms with van der Waals surface area (Å²) < 4.78 is 4.88. The Morgan fingerprint density at radius 1 is 1.56 bits per heavy atom. The van der Waals surface area contributed by atoms with Gasteiger partial charge in [-0.2, -0.15) is 0 Å². The number of carbonyl (C=O) groups is 2. The maximum atomic E-state index is 11.8. The van der Waals surface area contributed by atoms with Crippen LogP contribution in [0.2, 0.25) is 0 Å². The lowest BCUT2D eigenvalue weighted by atomic mass is 10.0. The second kappa shape index (κ2) is 4.87. The molecule has 0 saturated carbocycles. The van der Waals surface area contributed by atoms with Crippen LogP contribution < -0.4 is 0 Å². The van der Waals surface area contributed by atoms with Crippen LogP contribution in [-0.4, -0.2) is 41.1 Å². The summed E-state index contributed by atoms with van der Waals surface area (Å²) >= 11 is 0. The van der Waals surface area contributed by atoms with Crippen molar-refractivity contribution in [3.05, 3.63) is 35.6 Å². The van der Waals surface area contributed by atoms with E-state index < -0.39 is 18.2 Å². The molecule has 6 heteroatoms. The summed E-state index contributed by atoms with van der Waals surface area (Å²) in [4.78, 5) is 28.1. The Labute approximate surface area is 104 Å². The van der Waals surface area contributed by atoms with E-state index in [1.807, 2.05) is 0 Å². The molecule has 2 aliphatic heterocycles. The van der Waals surface area contributed by atoms with Crippen LogP contribution in [0.1, 0.15) is 6.92 Å². The average Bonchev–Trinajstić information content (AvgIpc) is 2.37. The average molecular weight is 248 g/mol. The van der Waals surface area contributed by atoms with Crippen molar-refractivity contribution < 1.29 is 19.4 Å². The molecule has 0 fully saturated rings. The number of dihydropyridines is 1. The minimum atomic E-state index is -1.10. The number of nitrogens with zero attached hydrogens (tertiary/aromatic N) is 2. The van der Waals surface area contributed by atoms with Gasteiger partial charge in [-0.15, -0.1) is 0 Å². The standard InChI is InChI=1S/C12H12N2O4/c1-2-18-12(17)14-7-9(11(15)16)6-8-4-3-5-13-10(8)14/h3-7,10H,2H2,1H3,(H,15,16)/t10-/m0/s1. The molecule has 94 valence electrons. The number of carboxylic acids is 1. The second-order valence-electron chi connectivity index (χ2n) is 3.67. The van der Waals surface area contributed by atoms with E-state index in [9.17, 15) is 9.59 Å². The lowest BCUT2D eigenvalue weighted by Gasteiger charge is -2.30. The molecule has 2 rings (SSSR count). The van der Waals surface area contributed by atoms with Gasteiger partial charge in [0, 0.05) is 12.4 Å². The number of allylic oxidation sites excluding steroid dienone is 1. The van der Waals surface area contributed by atoms with Crippen LogP contribution in [0.3, 0.4) is 0 Å². The molecule has 1 N–H and O–H groups in total. The molecule has 0 aromatic carbocycles. The van der Waals surface area contributed by atoms with Crippen LogP contribution in [0.15, 0.2) is 40.6 Å². The van der Waals surface area contributed by atoms with Gasteiger partial charge in [0.2, 0.25) is 0 Å². The fourth-order valence-electron chi connectivity index (χ4n) is 1.72. The van der Waals surface area contributed by atoms with Crippen molar-refractivity contribution in [1.82, 2.24) is 4.90 Å². The molecular weight excluding hydrogens is 236 g/mol. The number of carboxylic acid groups (broad SMARTS) is 1. The first-order chi connectivity index (χ1) is 8.63. The first-order valence-corrected chi connectivity index (χ1v) is 5.45. The Hall–Kier alpha value is -2.37. The zero-order valence-electron chi connectivity index (χ0n) is 9.74. The largest absolute Gasteiger partial charge is 0.478 e. The van der Waals surface area contributed by atoms with Crippen molar-refractivity contribution in [1.29, 1.82) is 0 Å². The van der Waals surface area contributed by atoms with Gasteiger partial charge in [0.1, 0.15) is 0 Å². The predicted molar refractivity (Wildman–Crippen MR) is 64.1 cm³/mol. The van der Waals surface area contributed by atoms with E-state index in [1.165, 1.54) is 17.2 Å². The first-order valence-electron chi connectivity index (χ1n) is 5.45. The summed E-state index contributed by atoms with van der Waals surface area (Å²) in [5.74, 6) is -1.10. The van der Waals surface area contributed by atoms with Gasteiger partial charge in [0.15, 0.2) is 6.17 Å². The van der Waals surface area contributed by atoms with E-state index in [1.54, 1.807) is 25.3 Å². The van der Waals surface area contributed by atoms with E-state index in [4.69, 9.17) is 9.84 Å². The molecule has 0 saturated heterocycles. The number of amides is 1. The molecule has 0 aliphatic carbocycles. The monoisotopic (exact) mass is 248 g/mol. The van der Waals surface area contributed by atoms with Crippen molar-refractivity contribution in [3.63, 3.8) is 0 Å². The molecule has 6 nitrogen and oxygen atoms in total. The quantitative estimate of drug-likeness (QED) is 0.799. The number of hydrogen-bond acceptors (Lipinski definition) is 4. The summed E-state index contributed by atoms with van der Waals surface area (Å²) in [5.41, 5.74) is 0.668. The summed E-state index contributed by atoms with van der Waals surface area (Å²) in [6, 6.07) is 0. The normalized spacial score (nSPS) is 20.9. The minimum Gasteiger partial charge on any atom is -0.478 e. The fourth-order valence-corrected chi connectivity index (χ4v) is 1.72. The van der Waals surface area contributed by atoms with E-state index in [0.29, 0.717) is 5.57 Å². The van der Waals surface area contributed by atoms with Gasteiger partial charge in [0.05, 0.1) is 12.2 Å². The van der Waals surface area contributed by atoms with Crippen molar-refractivity contribution in [2.75, 3.05) is 6.61 Å². The summed E-state index contributed by atoms with van der Waals surface area (Å²) in [7, 11) is 0. The third-order valence-corrected chi connectivity index (χ3v) is 2.49. The lowest BCUT2D eigenvalue weighted by molar-refractivity contribution is -0.132. The summed E-state index contributed by atoms with van der Waals surface area (Å²) in [6.45, 7) is 1.90. The SMILES string of the molecule is CCOC(=O)N1C=C(C(=O)O)C=C2C=CC=N[C@H]21. The van der Waals surface area contributed by atoms with E-state index in [0.717, 1.165) is 0 Å². The smallest absolute Gasteiger partial charge is 0.415 e. The minimum absolute atomic E-state index is 0.0241. The molecule has 2 aliphatic rings. The van der Waals surface area contributed by atoms with Crippen molar-refractivity contribution in [3.8, 4) is 0 Å². The van der Waals surface area contributed by atoms with Gasteiger partial charge >= 0.3 is 12.1 Å². The van der Waals surface area contributed by atoms with Gasteiger partial charge in [-0.25, -0.2) is 9.59 Å². The van der Waals surface area contributed by atoms with Gasteiger partial charge in [-0.1, -0.05) is 6.08 Å².